The highest BCUT2D eigenvalue weighted by Gasteiger charge is 2.20. The fourth-order valence-corrected chi connectivity index (χ4v) is 3.84. The van der Waals surface area contributed by atoms with Crippen LogP contribution in [0.15, 0.2) is 45.4 Å². The zero-order chi connectivity index (χ0) is 16.4. The van der Waals surface area contributed by atoms with Crippen LogP contribution in [0, 0.1) is 0 Å². The van der Waals surface area contributed by atoms with Gasteiger partial charge < -0.3 is 15.1 Å². The Morgan fingerprint density at radius 3 is 2.83 bits per heavy atom. The van der Waals surface area contributed by atoms with Gasteiger partial charge in [0, 0.05) is 11.6 Å². The largest absolute Gasteiger partial charge is 0.444 e. The Balaban J connectivity index is 1.62. The molecule has 0 aliphatic carbocycles. The number of anilines is 1. The van der Waals surface area contributed by atoms with Gasteiger partial charge in [-0.15, -0.1) is 11.8 Å². The molecular weight excluding hydrogens is 328 g/mol. The van der Waals surface area contributed by atoms with E-state index in [1.54, 1.807) is 23.1 Å². The molecule has 23 heavy (non-hydrogen) atoms. The molecule has 1 aliphatic rings. The molecule has 122 valence electrons. The topological polar surface area (TPSA) is 68.2 Å². The van der Waals surface area contributed by atoms with E-state index in [1.165, 1.54) is 0 Å². The fourth-order valence-electron chi connectivity index (χ4n) is 2.00. The molecule has 1 unspecified atom stereocenters. The third-order valence-corrected chi connectivity index (χ3v) is 5.50. The van der Waals surface area contributed by atoms with Gasteiger partial charge in [-0.1, -0.05) is 38.2 Å². The predicted molar refractivity (Wildman–Crippen MR) is 95.6 cm³/mol. The summed E-state index contributed by atoms with van der Waals surface area (Å²) in [6.07, 6.45) is 11.3. The molecule has 0 saturated heterocycles. The van der Waals surface area contributed by atoms with E-state index in [-0.39, 0.29) is 11.6 Å². The van der Waals surface area contributed by atoms with Crippen LogP contribution in [-0.4, -0.2) is 16.1 Å². The van der Waals surface area contributed by atoms with Crippen molar-refractivity contribution in [2.45, 2.75) is 42.3 Å². The average Bonchev–Trinajstić information content (AvgIpc) is 3.14. The molecule has 0 amide bonds. The Labute approximate surface area is 144 Å². The number of allylic oxidation sites excluding steroid dienone is 2. The van der Waals surface area contributed by atoms with Crippen molar-refractivity contribution in [2.24, 2.45) is 5.73 Å². The first-order valence-corrected chi connectivity index (χ1v) is 9.16. The van der Waals surface area contributed by atoms with E-state index in [1.807, 2.05) is 41.7 Å². The summed E-state index contributed by atoms with van der Waals surface area (Å²) in [5, 5.41) is 0.892. The van der Waals surface area contributed by atoms with Gasteiger partial charge in [0.2, 0.25) is 5.89 Å². The molecule has 0 aromatic carbocycles. The van der Waals surface area contributed by atoms with Gasteiger partial charge in [0.15, 0.2) is 5.13 Å². The summed E-state index contributed by atoms with van der Waals surface area (Å²) in [6.45, 7) is 6.34. The first-order valence-electron chi connectivity index (χ1n) is 7.36. The Morgan fingerprint density at radius 2 is 2.13 bits per heavy atom. The first-order chi connectivity index (χ1) is 10.9. The molecule has 0 radical (unpaired) electrons. The van der Waals surface area contributed by atoms with Crippen molar-refractivity contribution < 1.29 is 4.42 Å². The van der Waals surface area contributed by atoms with Gasteiger partial charge >= 0.3 is 0 Å². The molecule has 7 heteroatoms. The highest BCUT2D eigenvalue weighted by atomic mass is 32.2. The Kier molecular flexibility index (Phi) is 4.61. The third kappa shape index (κ3) is 3.85. The normalized spacial score (nSPS) is 17.9. The second kappa shape index (κ2) is 6.51. The highest BCUT2D eigenvalue weighted by Crippen LogP contribution is 2.34. The van der Waals surface area contributed by atoms with Crippen LogP contribution < -0.4 is 10.6 Å². The molecule has 2 aromatic heterocycles. The monoisotopic (exact) mass is 348 g/mol. The van der Waals surface area contributed by atoms with Gasteiger partial charge in [-0.3, -0.25) is 0 Å². The maximum absolute atomic E-state index is 6.05. The lowest BCUT2D eigenvalue weighted by Crippen LogP contribution is -2.37. The van der Waals surface area contributed by atoms with E-state index in [0.29, 0.717) is 5.75 Å². The van der Waals surface area contributed by atoms with Crippen LogP contribution >= 0.6 is 23.1 Å². The van der Waals surface area contributed by atoms with Crippen LogP contribution in [-0.2, 0) is 11.2 Å². The molecule has 0 spiro atoms. The number of thioether (sulfide) groups is 1. The van der Waals surface area contributed by atoms with E-state index < -0.39 is 0 Å². The van der Waals surface area contributed by atoms with E-state index in [9.17, 15) is 0 Å². The van der Waals surface area contributed by atoms with Gasteiger partial charge in [-0.05, 0) is 12.2 Å². The fraction of sp³-hybridized carbons (Fsp3) is 0.375. The van der Waals surface area contributed by atoms with Crippen LogP contribution in [0.2, 0.25) is 0 Å². The second-order valence-electron chi connectivity index (χ2n) is 6.24. The lowest BCUT2D eigenvalue weighted by atomic mass is 9.94. The Morgan fingerprint density at radius 1 is 1.30 bits per heavy atom. The van der Waals surface area contributed by atoms with Crippen LogP contribution in [0.4, 0.5) is 5.13 Å². The molecule has 2 N–H and O–H groups in total. The van der Waals surface area contributed by atoms with Crippen molar-refractivity contribution in [3.05, 3.63) is 48.5 Å². The molecule has 1 aliphatic heterocycles. The number of hydrogen-bond donors (Lipinski definition) is 1. The van der Waals surface area contributed by atoms with Crippen molar-refractivity contribution in [2.75, 3.05) is 4.90 Å². The molecule has 0 bridgehead atoms. The lowest BCUT2D eigenvalue weighted by Gasteiger charge is -2.24. The summed E-state index contributed by atoms with van der Waals surface area (Å²) in [7, 11) is 0. The molecule has 3 heterocycles. The lowest BCUT2D eigenvalue weighted by molar-refractivity contribution is 0.391. The van der Waals surface area contributed by atoms with E-state index >= 15 is 0 Å². The van der Waals surface area contributed by atoms with Gasteiger partial charge in [0.25, 0.3) is 0 Å². The van der Waals surface area contributed by atoms with Crippen molar-refractivity contribution >= 4 is 28.2 Å². The van der Waals surface area contributed by atoms with Crippen LogP contribution in [0.1, 0.15) is 32.4 Å². The van der Waals surface area contributed by atoms with Crippen LogP contribution in [0.25, 0.3) is 0 Å². The van der Waals surface area contributed by atoms with Gasteiger partial charge in [-0.25, -0.2) is 9.97 Å². The predicted octanol–water partition coefficient (Wildman–Crippen LogP) is 3.90. The molecule has 0 saturated carbocycles. The minimum Gasteiger partial charge on any atom is -0.444 e. The summed E-state index contributed by atoms with van der Waals surface area (Å²) in [5.74, 6) is 2.35. The SMILES string of the molecule is CC(C)(C)c1cnc(CSc2cnc(N3C=CC=CC3N)s2)o1. The summed E-state index contributed by atoms with van der Waals surface area (Å²) < 4.78 is 6.93. The van der Waals surface area contributed by atoms with Crippen LogP contribution in [0.3, 0.4) is 0 Å². The number of thiazole rings is 1. The maximum Gasteiger partial charge on any atom is 0.204 e. The summed E-state index contributed by atoms with van der Waals surface area (Å²) >= 11 is 3.29. The minimum atomic E-state index is -0.162. The Bertz CT molecular complexity index is 727. The standard InChI is InChI=1S/C16H20N4OS2/c1-16(2,3)11-8-18-13(21-11)10-22-14-9-19-15(23-14)20-7-5-4-6-12(20)17/h4-9,12H,10,17H2,1-3H3. The molecule has 3 rings (SSSR count). The minimum absolute atomic E-state index is 0.0160. The maximum atomic E-state index is 6.05. The number of nitrogens with zero attached hydrogens (tertiary/aromatic N) is 3. The highest BCUT2D eigenvalue weighted by molar-refractivity contribution is 8.00. The number of hydrogen-bond acceptors (Lipinski definition) is 7. The van der Waals surface area contributed by atoms with Gasteiger partial charge in [0.1, 0.15) is 11.9 Å². The number of nitrogens with two attached hydrogens (primary N) is 1. The first kappa shape index (κ1) is 16.3. The zero-order valence-electron chi connectivity index (χ0n) is 13.4. The zero-order valence-corrected chi connectivity index (χ0v) is 15.0. The molecule has 2 aromatic rings. The van der Waals surface area contributed by atoms with E-state index in [2.05, 4.69) is 30.7 Å². The van der Waals surface area contributed by atoms with E-state index in [4.69, 9.17) is 10.2 Å². The number of aromatic nitrogens is 2. The average molecular weight is 348 g/mol. The van der Waals surface area contributed by atoms with Crippen molar-refractivity contribution in [1.29, 1.82) is 0 Å². The molecular formula is C16H20N4OS2. The molecule has 1 atom stereocenters. The third-order valence-electron chi connectivity index (χ3n) is 3.31. The number of oxazole rings is 1. The van der Waals surface area contributed by atoms with Gasteiger partial charge in [0.05, 0.1) is 22.4 Å². The smallest absolute Gasteiger partial charge is 0.204 e. The summed E-state index contributed by atoms with van der Waals surface area (Å²) in [5.41, 5.74) is 6.04. The molecule has 5 nitrogen and oxygen atoms in total. The van der Waals surface area contributed by atoms with E-state index in [0.717, 1.165) is 21.0 Å². The summed E-state index contributed by atoms with van der Waals surface area (Å²) in [4.78, 5) is 10.8. The van der Waals surface area contributed by atoms with Crippen molar-refractivity contribution in [3.8, 4) is 0 Å². The number of rotatable bonds is 4. The van der Waals surface area contributed by atoms with Crippen molar-refractivity contribution in [3.63, 3.8) is 0 Å². The molecule has 0 fully saturated rings. The Hall–Kier alpha value is -1.57. The van der Waals surface area contributed by atoms with Gasteiger partial charge in [-0.2, -0.15) is 0 Å². The second-order valence-corrected chi connectivity index (χ2v) is 8.53. The summed E-state index contributed by atoms with van der Waals surface area (Å²) in [6, 6.07) is 0. The van der Waals surface area contributed by atoms with Crippen LogP contribution in [0.5, 0.6) is 0 Å². The van der Waals surface area contributed by atoms with Crippen molar-refractivity contribution in [1.82, 2.24) is 9.97 Å². The quantitative estimate of drug-likeness (QED) is 0.845.